The van der Waals surface area contributed by atoms with Crippen molar-refractivity contribution in [2.75, 3.05) is 18.0 Å². The Kier molecular flexibility index (Phi) is 6.79. The van der Waals surface area contributed by atoms with Crippen LogP contribution in [0.1, 0.15) is 17.5 Å². The van der Waals surface area contributed by atoms with E-state index in [0.717, 1.165) is 6.07 Å². The Morgan fingerprint density at radius 1 is 1.00 bits per heavy atom. The van der Waals surface area contributed by atoms with Gasteiger partial charge in [0, 0.05) is 42.0 Å². The normalized spacial score (nSPS) is 16.4. The summed E-state index contributed by atoms with van der Waals surface area (Å²) in [6.07, 6.45) is -8.39. The Labute approximate surface area is 196 Å². The smallest absolute Gasteiger partial charge is 0.472 e. The Balaban J connectivity index is 1.49. The second kappa shape index (κ2) is 9.65. The molecule has 2 aromatic carbocycles. The third-order valence-corrected chi connectivity index (χ3v) is 5.51. The number of ether oxygens (including phenoxy) is 2. The van der Waals surface area contributed by atoms with E-state index in [4.69, 9.17) is 4.74 Å². The second-order valence-corrected chi connectivity index (χ2v) is 7.90. The molecule has 1 aliphatic heterocycles. The summed E-state index contributed by atoms with van der Waals surface area (Å²) in [5.41, 5.74) is 0.975. The van der Waals surface area contributed by atoms with Crippen molar-refractivity contribution in [3.8, 4) is 22.8 Å². The fourth-order valence-corrected chi connectivity index (χ4v) is 3.94. The molecule has 1 N–H and O–H groups in total. The Bertz CT molecular complexity index is 1170. The molecule has 3 aromatic rings. The van der Waals surface area contributed by atoms with Crippen LogP contribution in [0.5, 0.6) is 11.6 Å². The van der Waals surface area contributed by atoms with E-state index in [-0.39, 0.29) is 29.9 Å². The molecule has 1 aliphatic rings. The first kappa shape index (κ1) is 24.6. The first-order chi connectivity index (χ1) is 16.5. The fraction of sp³-hybridized carbons (Fsp3) is 0.292. The predicted molar refractivity (Wildman–Crippen MR) is 115 cm³/mol. The van der Waals surface area contributed by atoms with Gasteiger partial charge in [-0.1, -0.05) is 24.3 Å². The molecule has 0 radical (unpaired) electrons. The van der Waals surface area contributed by atoms with Crippen LogP contribution in [0.25, 0.3) is 11.1 Å². The first-order valence-corrected chi connectivity index (χ1v) is 10.6. The van der Waals surface area contributed by atoms with Crippen molar-refractivity contribution in [2.24, 2.45) is 0 Å². The third kappa shape index (κ3) is 5.97. The lowest BCUT2D eigenvalue weighted by molar-refractivity contribution is -0.274. The molecule has 186 valence electrons. The maximum atomic E-state index is 12.8. The molecule has 0 amide bonds. The van der Waals surface area contributed by atoms with Gasteiger partial charge in [0.25, 0.3) is 0 Å². The molecule has 5 nitrogen and oxygen atoms in total. The first-order valence-electron chi connectivity index (χ1n) is 10.6. The largest absolute Gasteiger partial charge is 0.573 e. The van der Waals surface area contributed by atoms with E-state index in [1.807, 2.05) is 4.90 Å². The number of halogens is 6. The molecule has 1 fully saturated rings. The average Bonchev–Trinajstić information content (AvgIpc) is 3.26. The van der Waals surface area contributed by atoms with Gasteiger partial charge >= 0.3 is 12.5 Å². The molecule has 0 aliphatic carbocycles. The molecular formula is C24H20F6N2O3. The van der Waals surface area contributed by atoms with Gasteiger partial charge in [0.1, 0.15) is 11.9 Å². The van der Waals surface area contributed by atoms with E-state index in [1.165, 1.54) is 24.3 Å². The minimum absolute atomic E-state index is 0.0730. The van der Waals surface area contributed by atoms with Crippen molar-refractivity contribution in [1.29, 1.82) is 0 Å². The lowest BCUT2D eigenvalue weighted by atomic mass is 10.0. The number of benzene rings is 2. The molecule has 4 rings (SSSR count). The predicted octanol–water partition coefficient (Wildman–Crippen LogP) is 5.82. The summed E-state index contributed by atoms with van der Waals surface area (Å²) in [6.45, 7) is 0.586. The Morgan fingerprint density at radius 3 is 2.43 bits per heavy atom. The third-order valence-electron chi connectivity index (χ3n) is 5.51. The zero-order chi connectivity index (χ0) is 25.2. The molecule has 0 unspecified atom stereocenters. The molecule has 1 saturated heterocycles. The Hall–Kier alpha value is -3.47. The Morgan fingerprint density at radius 2 is 1.77 bits per heavy atom. The van der Waals surface area contributed by atoms with Crippen LogP contribution in [0.3, 0.4) is 0 Å². The van der Waals surface area contributed by atoms with Crippen molar-refractivity contribution < 1.29 is 40.9 Å². The molecule has 11 heteroatoms. The highest BCUT2D eigenvalue weighted by atomic mass is 19.4. The molecule has 0 bridgehead atoms. The highest BCUT2D eigenvalue weighted by Crippen LogP contribution is 2.37. The molecule has 35 heavy (non-hydrogen) atoms. The highest BCUT2D eigenvalue weighted by Gasteiger charge is 2.33. The topological polar surface area (TPSA) is 54.8 Å². The summed E-state index contributed by atoms with van der Waals surface area (Å²) in [6, 6.07) is 12.7. The SMILES string of the molecule is OCc1cc(-c2ccccc2OC(F)(F)F)ccc1N1CC[C@H](Oc2ccc(C(F)(F)F)cn2)C1. The van der Waals surface area contributed by atoms with Gasteiger partial charge in [0.15, 0.2) is 0 Å². The van der Waals surface area contributed by atoms with Crippen LogP contribution in [0, 0.1) is 0 Å². The van der Waals surface area contributed by atoms with Gasteiger partial charge in [-0.05, 0) is 29.8 Å². The van der Waals surface area contributed by atoms with E-state index in [0.29, 0.717) is 42.5 Å². The lowest BCUT2D eigenvalue weighted by Crippen LogP contribution is -2.25. The number of aromatic nitrogens is 1. The van der Waals surface area contributed by atoms with Crippen LogP contribution in [-0.4, -0.2) is 35.6 Å². The van der Waals surface area contributed by atoms with Crippen molar-refractivity contribution in [3.63, 3.8) is 0 Å². The quantitative estimate of drug-likeness (QED) is 0.435. The number of nitrogens with zero attached hydrogens (tertiary/aromatic N) is 2. The summed E-state index contributed by atoms with van der Waals surface area (Å²) in [7, 11) is 0. The van der Waals surface area contributed by atoms with Gasteiger partial charge in [-0.25, -0.2) is 4.98 Å². The summed E-state index contributed by atoms with van der Waals surface area (Å²) in [5, 5.41) is 9.93. The average molecular weight is 498 g/mol. The molecule has 0 saturated carbocycles. The van der Waals surface area contributed by atoms with Gasteiger partial charge in [-0.2, -0.15) is 13.2 Å². The molecule has 0 spiro atoms. The van der Waals surface area contributed by atoms with Crippen molar-refractivity contribution in [1.82, 2.24) is 4.98 Å². The zero-order valence-electron chi connectivity index (χ0n) is 18.1. The van der Waals surface area contributed by atoms with Crippen LogP contribution in [0.15, 0.2) is 60.8 Å². The van der Waals surface area contributed by atoms with Gasteiger partial charge in [0.2, 0.25) is 5.88 Å². The van der Waals surface area contributed by atoms with E-state index in [1.54, 1.807) is 24.3 Å². The van der Waals surface area contributed by atoms with Gasteiger partial charge in [-0.3, -0.25) is 0 Å². The summed E-state index contributed by atoms with van der Waals surface area (Å²) in [4.78, 5) is 5.66. The van der Waals surface area contributed by atoms with Crippen LogP contribution >= 0.6 is 0 Å². The molecule has 1 aromatic heterocycles. The summed E-state index contributed by atoms with van der Waals surface area (Å²) >= 11 is 0. The van der Waals surface area contributed by atoms with Gasteiger partial charge in [-0.15, -0.1) is 13.2 Å². The number of alkyl halides is 6. The minimum atomic E-state index is -4.84. The van der Waals surface area contributed by atoms with E-state index in [9.17, 15) is 31.4 Å². The van der Waals surface area contributed by atoms with Crippen LogP contribution in [-0.2, 0) is 12.8 Å². The van der Waals surface area contributed by atoms with Gasteiger partial charge in [0.05, 0.1) is 18.7 Å². The minimum Gasteiger partial charge on any atom is -0.472 e. The van der Waals surface area contributed by atoms with Crippen LogP contribution < -0.4 is 14.4 Å². The number of hydrogen-bond acceptors (Lipinski definition) is 5. The number of anilines is 1. The van der Waals surface area contributed by atoms with Crippen LogP contribution in [0.4, 0.5) is 32.0 Å². The van der Waals surface area contributed by atoms with Crippen molar-refractivity contribution in [3.05, 3.63) is 71.9 Å². The van der Waals surface area contributed by atoms with E-state index in [2.05, 4.69) is 9.72 Å². The summed E-state index contributed by atoms with van der Waals surface area (Å²) < 4.78 is 86.3. The number of para-hydroxylation sites is 1. The highest BCUT2D eigenvalue weighted by molar-refractivity contribution is 5.74. The maximum Gasteiger partial charge on any atom is 0.573 e. The number of aliphatic hydroxyl groups excluding tert-OH is 1. The van der Waals surface area contributed by atoms with Gasteiger partial charge < -0.3 is 19.5 Å². The van der Waals surface area contributed by atoms with Crippen molar-refractivity contribution >= 4 is 5.69 Å². The van der Waals surface area contributed by atoms with Crippen molar-refractivity contribution in [2.45, 2.75) is 31.7 Å². The number of hydrogen-bond donors (Lipinski definition) is 1. The van der Waals surface area contributed by atoms with E-state index >= 15 is 0 Å². The molecular weight excluding hydrogens is 478 g/mol. The number of rotatable bonds is 6. The number of pyridine rings is 1. The summed E-state index contributed by atoms with van der Waals surface area (Å²) in [5.74, 6) is -0.279. The molecule has 2 heterocycles. The van der Waals surface area contributed by atoms with Crippen LogP contribution in [0.2, 0.25) is 0 Å². The second-order valence-electron chi connectivity index (χ2n) is 7.90. The monoisotopic (exact) mass is 498 g/mol. The maximum absolute atomic E-state index is 12.8. The fourth-order valence-electron chi connectivity index (χ4n) is 3.94. The van der Waals surface area contributed by atoms with E-state index < -0.39 is 18.1 Å². The lowest BCUT2D eigenvalue weighted by Gasteiger charge is -2.23. The zero-order valence-corrected chi connectivity index (χ0v) is 18.1. The number of aliphatic hydroxyl groups is 1. The molecule has 1 atom stereocenters. The standard InChI is InChI=1S/C24H20F6N2O3/c25-23(26,27)17-6-8-22(31-12-17)34-18-9-10-32(13-18)20-7-5-15(11-16(20)14-33)19-3-1-2-4-21(19)35-24(28,29)30/h1-8,11-12,18,33H,9-10,13-14H2/t18-/m0/s1.